The van der Waals surface area contributed by atoms with Crippen LogP contribution in [0, 0.1) is 5.92 Å². The Hall–Kier alpha value is -1.81. The maximum atomic E-state index is 11.9. The molecule has 2 atom stereocenters. The molecule has 0 saturated carbocycles. The van der Waals surface area contributed by atoms with E-state index in [-0.39, 0.29) is 17.8 Å². The topological polar surface area (TPSA) is 55.4 Å². The summed E-state index contributed by atoms with van der Waals surface area (Å²) in [5.74, 6) is -0.457. The van der Waals surface area contributed by atoms with E-state index in [4.69, 9.17) is 16.3 Å². The number of esters is 1. The predicted molar refractivity (Wildman–Crippen MR) is 82.1 cm³/mol. The Morgan fingerprint density at radius 2 is 2.10 bits per heavy atom. The number of ether oxygens (including phenoxy) is 1. The van der Waals surface area contributed by atoms with E-state index in [1.54, 1.807) is 31.2 Å². The molecule has 2 rings (SSSR count). The molecule has 5 heteroatoms. The van der Waals surface area contributed by atoms with Gasteiger partial charge in [-0.15, -0.1) is 0 Å². The number of amides is 1. The van der Waals surface area contributed by atoms with E-state index < -0.39 is 6.10 Å². The number of anilines is 1. The molecule has 0 bridgehead atoms. The molecule has 0 fully saturated rings. The molecule has 0 aromatic heterocycles. The molecule has 21 heavy (non-hydrogen) atoms. The van der Waals surface area contributed by atoms with Gasteiger partial charge in [-0.1, -0.05) is 23.8 Å². The minimum absolute atomic E-state index is 0.240. The van der Waals surface area contributed by atoms with Crippen LogP contribution in [0.15, 0.2) is 36.4 Å². The standard InChI is InChI=1S/C16H18ClNO3/c1-11(21-15(19)10-12-4-2-3-5-12)16(20)18-14-8-6-13(17)7-9-14/h2,4,6-9,11-12H,3,5,10H2,1H3,(H,18,20)/t11-,12-/m1/s1. The van der Waals surface area contributed by atoms with Crippen molar-refractivity contribution in [1.29, 1.82) is 0 Å². The highest BCUT2D eigenvalue weighted by Crippen LogP contribution is 2.21. The number of allylic oxidation sites excluding steroid dienone is 2. The van der Waals surface area contributed by atoms with Crippen LogP contribution in [0.3, 0.4) is 0 Å². The lowest BCUT2D eigenvalue weighted by atomic mass is 10.1. The smallest absolute Gasteiger partial charge is 0.307 e. The van der Waals surface area contributed by atoms with Crippen LogP contribution >= 0.6 is 11.6 Å². The quantitative estimate of drug-likeness (QED) is 0.668. The molecule has 0 aliphatic heterocycles. The Kier molecular flexibility index (Phi) is 5.39. The third-order valence-corrected chi connectivity index (χ3v) is 3.58. The molecule has 0 saturated heterocycles. The fraction of sp³-hybridized carbons (Fsp3) is 0.375. The number of benzene rings is 1. The normalized spacial score (nSPS) is 18.3. The van der Waals surface area contributed by atoms with Gasteiger partial charge in [0.05, 0.1) is 6.42 Å². The van der Waals surface area contributed by atoms with Crippen molar-refractivity contribution in [2.75, 3.05) is 5.32 Å². The summed E-state index contributed by atoms with van der Waals surface area (Å²) >= 11 is 5.77. The molecule has 1 aliphatic carbocycles. The van der Waals surface area contributed by atoms with Crippen LogP contribution in [0.25, 0.3) is 0 Å². The molecule has 4 nitrogen and oxygen atoms in total. The molecule has 1 aromatic carbocycles. The van der Waals surface area contributed by atoms with Crippen LogP contribution < -0.4 is 5.32 Å². The van der Waals surface area contributed by atoms with Gasteiger partial charge in [-0.25, -0.2) is 0 Å². The molecular weight excluding hydrogens is 290 g/mol. The molecule has 0 unspecified atom stereocenters. The van der Waals surface area contributed by atoms with Crippen molar-refractivity contribution in [2.24, 2.45) is 5.92 Å². The van der Waals surface area contributed by atoms with Gasteiger partial charge < -0.3 is 10.1 Å². The van der Waals surface area contributed by atoms with Crippen molar-refractivity contribution in [3.05, 3.63) is 41.4 Å². The maximum Gasteiger partial charge on any atom is 0.307 e. The van der Waals surface area contributed by atoms with E-state index in [0.29, 0.717) is 17.1 Å². The number of rotatable bonds is 5. The Labute approximate surface area is 129 Å². The summed E-state index contributed by atoms with van der Waals surface area (Å²) in [5.41, 5.74) is 0.617. The first kappa shape index (κ1) is 15.6. The van der Waals surface area contributed by atoms with Crippen molar-refractivity contribution in [1.82, 2.24) is 0 Å². The first-order chi connectivity index (χ1) is 10.0. The highest BCUT2D eigenvalue weighted by molar-refractivity contribution is 6.30. The summed E-state index contributed by atoms with van der Waals surface area (Å²) in [6.07, 6.45) is 5.58. The molecule has 1 amide bonds. The first-order valence-electron chi connectivity index (χ1n) is 6.97. The van der Waals surface area contributed by atoms with Crippen LogP contribution in [-0.2, 0) is 14.3 Å². The third kappa shape index (κ3) is 4.90. The Balaban J connectivity index is 1.80. The SMILES string of the molecule is C[C@@H](OC(=O)C[C@@H]1C=CCC1)C(=O)Nc1ccc(Cl)cc1. The molecule has 0 spiro atoms. The number of carbonyl (C=O) groups excluding carboxylic acids is 2. The lowest BCUT2D eigenvalue weighted by Gasteiger charge is -2.14. The second kappa shape index (κ2) is 7.27. The van der Waals surface area contributed by atoms with Gasteiger partial charge in [-0.2, -0.15) is 0 Å². The summed E-state index contributed by atoms with van der Waals surface area (Å²) in [6, 6.07) is 6.75. The lowest BCUT2D eigenvalue weighted by molar-refractivity contribution is -0.153. The van der Waals surface area contributed by atoms with E-state index >= 15 is 0 Å². The van der Waals surface area contributed by atoms with Crippen LogP contribution in [0.2, 0.25) is 5.02 Å². The molecular formula is C16H18ClNO3. The second-order valence-electron chi connectivity index (χ2n) is 5.10. The lowest BCUT2D eigenvalue weighted by Crippen LogP contribution is -2.30. The average Bonchev–Trinajstić information content (AvgIpc) is 2.94. The fourth-order valence-electron chi connectivity index (χ4n) is 2.16. The highest BCUT2D eigenvalue weighted by atomic mass is 35.5. The second-order valence-corrected chi connectivity index (χ2v) is 5.53. The summed E-state index contributed by atoms with van der Waals surface area (Å²) in [7, 11) is 0. The molecule has 0 radical (unpaired) electrons. The molecule has 112 valence electrons. The van der Waals surface area contributed by atoms with Crippen LogP contribution in [0.5, 0.6) is 0 Å². The average molecular weight is 308 g/mol. The third-order valence-electron chi connectivity index (χ3n) is 3.33. The predicted octanol–water partition coefficient (Wildman–Crippen LogP) is 3.57. The van der Waals surface area contributed by atoms with E-state index in [0.717, 1.165) is 12.8 Å². The van der Waals surface area contributed by atoms with Gasteiger partial charge in [0.1, 0.15) is 0 Å². The van der Waals surface area contributed by atoms with Gasteiger partial charge in [0.2, 0.25) is 0 Å². The van der Waals surface area contributed by atoms with Crippen molar-refractivity contribution in [3.63, 3.8) is 0 Å². The largest absolute Gasteiger partial charge is 0.453 e. The van der Waals surface area contributed by atoms with E-state index in [2.05, 4.69) is 11.4 Å². The highest BCUT2D eigenvalue weighted by Gasteiger charge is 2.21. The maximum absolute atomic E-state index is 11.9. The number of hydrogen-bond acceptors (Lipinski definition) is 3. The zero-order chi connectivity index (χ0) is 15.2. The Morgan fingerprint density at radius 3 is 2.71 bits per heavy atom. The fourth-order valence-corrected chi connectivity index (χ4v) is 2.28. The van der Waals surface area contributed by atoms with Crippen LogP contribution in [-0.4, -0.2) is 18.0 Å². The molecule has 1 N–H and O–H groups in total. The number of hydrogen-bond donors (Lipinski definition) is 1. The summed E-state index contributed by atoms with van der Waals surface area (Å²) in [6.45, 7) is 1.56. The van der Waals surface area contributed by atoms with Gasteiger partial charge in [-0.3, -0.25) is 9.59 Å². The van der Waals surface area contributed by atoms with Gasteiger partial charge in [0.25, 0.3) is 5.91 Å². The molecule has 1 aliphatic rings. The van der Waals surface area contributed by atoms with Crippen molar-refractivity contribution in [3.8, 4) is 0 Å². The molecule has 1 aromatic rings. The van der Waals surface area contributed by atoms with E-state index in [9.17, 15) is 9.59 Å². The van der Waals surface area contributed by atoms with Crippen LogP contribution in [0.4, 0.5) is 5.69 Å². The Bertz CT molecular complexity index is 539. The van der Waals surface area contributed by atoms with Gasteiger partial charge in [-0.05, 0) is 49.9 Å². The zero-order valence-corrected chi connectivity index (χ0v) is 12.6. The number of nitrogens with one attached hydrogen (secondary N) is 1. The summed E-state index contributed by atoms with van der Waals surface area (Å²) in [4.78, 5) is 23.7. The number of carbonyl (C=O) groups is 2. The van der Waals surface area contributed by atoms with Crippen molar-refractivity contribution < 1.29 is 14.3 Å². The molecule has 0 heterocycles. The monoisotopic (exact) mass is 307 g/mol. The minimum atomic E-state index is -0.821. The summed E-state index contributed by atoms with van der Waals surface area (Å²) < 4.78 is 5.16. The number of halogens is 1. The van der Waals surface area contributed by atoms with Gasteiger partial charge in [0, 0.05) is 10.7 Å². The van der Waals surface area contributed by atoms with Gasteiger partial charge >= 0.3 is 5.97 Å². The van der Waals surface area contributed by atoms with Crippen LogP contribution in [0.1, 0.15) is 26.2 Å². The van der Waals surface area contributed by atoms with Gasteiger partial charge in [0.15, 0.2) is 6.10 Å². The minimum Gasteiger partial charge on any atom is -0.453 e. The van der Waals surface area contributed by atoms with E-state index in [1.807, 2.05) is 6.08 Å². The van der Waals surface area contributed by atoms with Crippen molar-refractivity contribution in [2.45, 2.75) is 32.3 Å². The van der Waals surface area contributed by atoms with E-state index in [1.165, 1.54) is 0 Å². The first-order valence-corrected chi connectivity index (χ1v) is 7.35. The summed E-state index contributed by atoms with van der Waals surface area (Å²) in [5, 5.41) is 3.27. The van der Waals surface area contributed by atoms with Crippen molar-refractivity contribution >= 4 is 29.2 Å². The Morgan fingerprint density at radius 1 is 1.38 bits per heavy atom. The zero-order valence-electron chi connectivity index (χ0n) is 11.8.